The third-order valence-electron chi connectivity index (χ3n) is 5.06. The zero-order valence-electron chi connectivity index (χ0n) is 13.6. The monoisotopic (exact) mass is 339 g/mol. The van der Waals surface area contributed by atoms with Gasteiger partial charge in [-0.1, -0.05) is 12.1 Å². The predicted octanol–water partition coefficient (Wildman–Crippen LogP) is 4.08. The molecular formula is C19H21N3OS. The first-order valence-electron chi connectivity index (χ1n) is 8.72. The standard InChI is InChI=1S/C19H21N3OS/c1-2-5-16-15(4-1)20-19(21-16)13-10-22(11-13)12-14-7-8-18(24-14)17-6-3-9-23-17/h1-2,4-5,7-8,13,17H,3,6,9-12H2,(H,20,21)/t17-/m1/s1. The van der Waals surface area contributed by atoms with Crippen LogP contribution in [0.3, 0.4) is 0 Å². The van der Waals surface area contributed by atoms with Crippen LogP contribution in [0.25, 0.3) is 11.0 Å². The van der Waals surface area contributed by atoms with Gasteiger partial charge in [-0.3, -0.25) is 4.90 Å². The summed E-state index contributed by atoms with van der Waals surface area (Å²) in [6.45, 7) is 4.15. The van der Waals surface area contributed by atoms with Crippen molar-refractivity contribution in [1.82, 2.24) is 14.9 Å². The smallest absolute Gasteiger partial charge is 0.112 e. The van der Waals surface area contributed by atoms with E-state index in [1.807, 2.05) is 17.4 Å². The van der Waals surface area contributed by atoms with E-state index in [-0.39, 0.29) is 0 Å². The minimum atomic E-state index is 0.350. The van der Waals surface area contributed by atoms with Crippen molar-refractivity contribution in [1.29, 1.82) is 0 Å². The SMILES string of the molecule is c1ccc2[nH]c(C3CN(Cc4ccc([C@H]5CCCO5)s4)C3)nc2c1. The molecule has 1 aromatic carbocycles. The number of fused-ring (bicyclic) bond motifs is 1. The number of imidazole rings is 1. The van der Waals surface area contributed by atoms with Crippen molar-refractivity contribution in [3.63, 3.8) is 0 Å². The van der Waals surface area contributed by atoms with Crippen molar-refractivity contribution < 1.29 is 4.74 Å². The van der Waals surface area contributed by atoms with Crippen molar-refractivity contribution >= 4 is 22.4 Å². The quantitative estimate of drug-likeness (QED) is 0.779. The zero-order chi connectivity index (χ0) is 15.9. The summed E-state index contributed by atoms with van der Waals surface area (Å²) in [4.78, 5) is 13.6. The molecule has 2 saturated heterocycles. The molecule has 1 N–H and O–H groups in total. The Kier molecular flexibility index (Phi) is 3.65. The van der Waals surface area contributed by atoms with Crippen LogP contribution in [0, 0.1) is 0 Å². The maximum absolute atomic E-state index is 5.79. The van der Waals surface area contributed by atoms with Crippen molar-refractivity contribution in [3.05, 3.63) is 52.0 Å². The Bertz CT molecular complexity index is 810. The Balaban J connectivity index is 1.20. The first-order chi connectivity index (χ1) is 11.8. The Morgan fingerprint density at radius 2 is 2.12 bits per heavy atom. The van der Waals surface area contributed by atoms with E-state index in [9.17, 15) is 0 Å². The Hall–Kier alpha value is -1.69. The molecule has 2 fully saturated rings. The number of benzene rings is 1. The van der Waals surface area contributed by atoms with E-state index in [1.165, 1.54) is 22.6 Å². The molecule has 2 aromatic heterocycles. The van der Waals surface area contributed by atoms with Gasteiger partial charge in [0.15, 0.2) is 0 Å². The average Bonchev–Trinajstić information content (AvgIpc) is 3.28. The lowest BCUT2D eigenvalue weighted by Gasteiger charge is -2.37. The van der Waals surface area contributed by atoms with Gasteiger partial charge in [-0.15, -0.1) is 11.3 Å². The summed E-state index contributed by atoms with van der Waals surface area (Å²) in [6.07, 6.45) is 2.73. The fraction of sp³-hybridized carbons (Fsp3) is 0.421. The normalized spacial score (nSPS) is 22.2. The van der Waals surface area contributed by atoms with Gasteiger partial charge >= 0.3 is 0 Å². The van der Waals surface area contributed by atoms with Crippen molar-refractivity contribution in [2.75, 3.05) is 19.7 Å². The highest BCUT2D eigenvalue weighted by atomic mass is 32.1. The molecule has 4 heterocycles. The molecule has 0 aliphatic carbocycles. The molecular weight excluding hydrogens is 318 g/mol. The molecule has 0 bridgehead atoms. The number of para-hydroxylation sites is 2. The number of likely N-dealkylation sites (tertiary alicyclic amines) is 1. The predicted molar refractivity (Wildman–Crippen MR) is 96.4 cm³/mol. The molecule has 4 nitrogen and oxygen atoms in total. The lowest BCUT2D eigenvalue weighted by atomic mass is 9.99. The van der Waals surface area contributed by atoms with Crippen LogP contribution in [-0.4, -0.2) is 34.6 Å². The van der Waals surface area contributed by atoms with Crippen LogP contribution in [0.1, 0.15) is 40.4 Å². The summed E-state index contributed by atoms with van der Waals surface area (Å²) in [7, 11) is 0. The van der Waals surface area contributed by atoms with Gasteiger partial charge in [0.25, 0.3) is 0 Å². The number of nitrogens with zero attached hydrogens (tertiary/aromatic N) is 2. The number of thiophene rings is 1. The Labute approximate surface area is 145 Å². The van der Waals surface area contributed by atoms with Gasteiger partial charge in [-0.25, -0.2) is 4.98 Å². The summed E-state index contributed by atoms with van der Waals surface area (Å²) < 4.78 is 5.79. The molecule has 2 aliphatic rings. The van der Waals surface area contributed by atoms with Crippen molar-refractivity contribution in [3.8, 4) is 0 Å². The average molecular weight is 339 g/mol. The van der Waals surface area contributed by atoms with E-state index in [2.05, 4.69) is 40.2 Å². The number of hydrogen-bond acceptors (Lipinski definition) is 4. The highest BCUT2D eigenvalue weighted by Gasteiger charge is 2.30. The largest absolute Gasteiger partial charge is 0.373 e. The second-order valence-corrected chi connectivity index (χ2v) is 8.04. The number of H-pyrrole nitrogens is 1. The maximum Gasteiger partial charge on any atom is 0.112 e. The van der Waals surface area contributed by atoms with Crippen LogP contribution in [0.2, 0.25) is 0 Å². The number of aromatic nitrogens is 2. The molecule has 1 atom stereocenters. The molecule has 5 heteroatoms. The fourth-order valence-electron chi connectivity index (χ4n) is 3.71. The molecule has 0 radical (unpaired) electrons. The summed E-state index contributed by atoms with van der Waals surface area (Å²) in [5, 5.41) is 0. The summed E-state index contributed by atoms with van der Waals surface area (Å²) in [6, 6.07) is 12.8. The van der Waals surface area contributed by atoms with Crippen LogP contribution in [0.4, 0.5) is 0 Å². The number of nitrogens with one attached hydrogen (secondary N) is 1. The molecule has 2 aliphatic heterocycles. The molecule has 0 saturated carbocycles. The van der Waals surface area contributed by atoms with Crippen molar-refractivity contribution in [2.24, 2.45) is 0 Å². The van der Waals surface area contributed by atoms with Gasteiger partial charge in [-0.2, -0.15) is 0 Å². The second kappa shape index (κ2) is 5.99. The number of hydrogen-bond donors (Lipinski definition) is 1. The number of ether oxygens (including phenoxy) is 1. The van der Waals surface area contributed by atoms with E-state index in [0.717, 1.165) is 43.1 Å². The van der Waals surface area contributed by atoms with Crippen LogP contribution in [-0.2, 0) is 11.3 Å². The lowest BCUT2D eigenvalue weighted by molar-refractivity contribution is 0.114. The van der Waals surface area contributed by atoms with E-state index in [1.54, 1.807) is 0 Å². The lowest BCUT2D eigenvalue weighted by Crippen LogP contribution is -2.44. The fourth-order valence-corrected chi connectivity index (χ4v) is 4.85. The third kappa shape index (κ3) is 2.66. The molecule has 24 heavy (non-hydrogen) atoms. The van der Waals surface area contributed by atoms with Gasteiger partial charge in [0.05, 0.1) is 17.1 Å². The van der Waals surface area contributed by atoms with Gasteiger partial charge in [0, 0.05) is 41.9 Å². The van der Waals surface area contributed by atoms with Gasteiger partial charge < -0.3 is 9.72 Å². The maximum atomic E-state index is 5.79. The molecule has 3 aromatic rings. The van der Waals surface area contributed by atoms with Gasteiger partial charge in [-0.05, 0) is 37.1 Å². The molecule has 0 spiro atoms. The van der Waals surface area contributed by atoms with E-state index < -0.39 is 0 Å². The summed E-state index contributed by atoms with van der Waals surface area (Å²) in [5.41, 5.74) is 2.22. The summed E-state index contributed by atoms with van der Waals surface area (Å²) >= 11 is 1.92. The minimum absolute atomic E-state index is 0.350. The summed E-state index contributed by atoms with van der Waals surface area (Å²) in [5.74, 6) is 1.67. The second-order valence-electron chi connectivity index (χ2n) is 6.84. The first kappa shape index (κ1) is 14.6. The van der Waals surface area contributed by atoms with Crippen LogP contribution < -0.4 is 0 Å². The van der Waals surface area contributed by atoms with Gasteiger partial charge in [0.2, 0.25) is 0 Å². The zero-order valence-corrected chi connectivity index (χ0v) is 14.4. The van der Waals surface area contributed by atoms with Crippen LogP contribution in [0.5, 0.6) is 0 Å². The van der Waals surface area contributed by atoms with Crippen molar-refractivity contribution in [2.45, 2.75) is 31.4 Å². The Morgan fingerprint density at radius 3 is 2.96 bits per heavy atom. The molecule has 5 rings (SSSR count). The topological polar surface area (TPSA) is 41.2 Å². The number of rotatable bonds is 4. The van der Waals surface area contributed by atoms with E-state index >= 15 is 0 Å². The first-order valence-corrected chi connectivity index (χ1v) is 9.54. The third-order valence-corrected chi connectivity index (χ3v) is 6.22. The minimum Gasteiger partial charge on any atom is -0.373 e. The van der Waals surface area contributed by atoms with Gasteiger partial charge in [0.1, 0.15) is 5.82 Å². The molecule has 124 valence electrons. The Morgan fingerprint density at radius 1 is 1.21 bits per heavy atom. The molecule has 0 unspecified atom stereocenters. The van der Waals surface area contributed by atoms with E-state index in [4.69, 9.17) is 9.72 Å². The highest BCUT2D eigenvalue weighted by molar-refractivity contribution is 7.12. The highest BCUT2D eigenvalue weighted by Crippen LogP contribution is 2.35. The van der Waals surface area contributed by atoms with Crippen LogP contribution >= 0.6 is 11.3 Å². The van der Waals surface area contributed by atoms with E-state index in [0.29, 0.717) is 12.0 Å². The number of aromatic amines is 1. The molecule has 0 amide bonds. The van der Waals surface area contributed by atoms with Crippen LogP contribution in [0.15, 0.2) is 36.4 Å².